The first-order chi connectivity index (χ1) is 10.6. The lowest BCUT2D eigenvalue weighted by Gasteiger charge is -2.05. The van der Waals surface area contributed by atoms with Crippen LogP contribution in [0.4, 0.5) is 5.13 Å². The molecule has 2 aromatic heterocycles. The van der Waals surface area contributed by atoms with Crippen molar-refractivity contribution in [2.24, 2.45) is 0 Å². The third-order valence-electron chi connectivity index (χ3n) is 3.47. The molecule has 1 aliphatic rings. The lowest BCUT2D eigenvalue weighted by atomic mass is 10.2. The molecule has 2 heterocycles. The van der Waals surface area contributed by atoms with E-state index in [9.17, 15) is 4.79 Å². The Labute approximate surface area is 135 Å². The Hall–Kier alpha value is -2.18. The topological polar surface area (TPSA) is 59.8 Å². The second-order valence-corrected chi connectivity index (χ2v) is 6.49. The molecule has 0 radical (unpaired) electrons. The Morgan fingerprint density at radius 1 is 1.36 bits per heavy atom. The molecule has 0 unspecified atom stereocenters. The molecule has 0 atom stereocenters. The maximum absolute atomic E-state index is 11.2. The average Bonchev–Trinajstić information content (AvgIpc) is 3.10. The molecule has 0 fully saturated rings. The lowest BCUT2D eigenvalue weighted by molar-refractivity contribution is -0.114. The van der Waals surface area contributed by atoms with Crippen LogP contribution in [0.2, 0.25) is 5.02 Å². The molecule has 7 heteroatoms. The molecule has 0 spiro atoms. The Morgan fingerprint density at radius 2 is 2.14 bits per heavy atom. The van der Waals surface area contributed by atoms with Gasteiger partial charge in [0.1, 0.15) is 0 Å². The fourth-order valence-electron chi connectivity index (χ4n) is 2.57. The van der Waals surface area contributed by atoms with Gasteiger partial charge >= 0.3 is 0 Å². The number of thiazole rings is 1. The number of carbonyl (C=O) groups excluding carboxylic acids is 1. The van der Waals surface area contributed by atoms with Gasteiger partial charge in [0.15, 0.2) is 5.13 Å². The van der Waals surface area contributed by atoms with Gasteiger partial charge in [0.2, 0.25) is 5.91 Å². The van der Waals surface area contributed by atoms with E-state index in [0.29, 0.717) is 10.2 Å². The summed E-state index contributed by atoms with van der Waals surface area (Å²) in [7, 11) is 0. The standard InChI is InChI=1S/C15H11ClN4OS/c1-8(21)18-15-19-12-6-9-7-17-20(13(9)14(12)22-15)11-4-2-10(16)3-5-11/h2-5,7H,6H2,1H3,(H,18,19,21). The number of aromatic nitrogens is 3. The summed E-state index contributed by atoms with van der Waals surface area (Å²) >= 11 is 7.43. The second kappa shape index (κ2) is 4.93. The van der Waals surface area contributed by atoms with Crippen LogP contribution in [0, 0.1) is 0 Å². The predicted octanol–water partition coefficient (Wildman–Crippen LogP) is 3.51. The summed E-state index contributed by atoms with van der Waals surface area (Å²) in [5.74, 6) is -0.112. The smallest absolute Gasteiger partial charge is 0.223 e. The van der Waals surface area contributed by atoms with Crippen molar-refractivity contribution in [3.05, 3.63) is 46.7 Å². The normalized spacial score (nSPS) is 12.1. The molecule has 22 heavy (non-hydrogen) atoms. The highest BCUT2D eigenvalue weighted by atomic mass is 35.5. The second-order valence-electron chi connectivity index (χ2n) is 5.06. The zero-order chi connectivity index (χ0) is 15.3. The molecule has 1 aromatic carbocycles. The number of carbonyl (C=O) groups is 1. The van der Waals surface area contributed by atoms with Gasteiger partial charge in [-0.25, -0.2) is 9.67 Å². The number of hydrogen-bond acceptors (Lipinski definition) is 4. The van der Waals surface area contributed by atoms with E-state index in [1.54, 1.807) is 0 Å². The fourth-order valence-corrected chi connectivity index (χ4v) is 3.79. The number of benzene rings is 1. The molecule has 5 nitrogen and oxygen atoms in total. The van der Waals surface area contributed by atoms with E-state index in [1.165, 1.54) is 18.3 Å². The molecule has 0 aliphatic heterocycles. The summed E-state index contributed by atoms with van der Waals surface area (Å²) in [6.45, 7) is 1.48. The van der Waals surface area contributed by atoms with E-state index in [4.69, 9.17) is 11.6 Å². The zero-order valence-corrected chi connectivity index (χ0v) is 13.2. The summed E-state index contributed by atoms with van der Waals surface area (Å²) < 4.78 is 1.90. The first-order valence-electron chi connectivity index (χ1n) is 6.72. The molecule has 0 saturated heterocycles. The Kier molecular flexibility index (Phi) is 3.02. The van der Waals surface area contributed by atoms with E-state index in [2.05, 4.69) is 15.4 Å². The van der Waals surface area contributed by atoms with Gasteiger partial charge in [0.25, 0.3) is 0 Å². The number of halogens is 1. The van der Waals surface area contributed by atoms with E-state index in [-0.39, 0.29) is 5.91 Å². The Morgan fingerprint density at radius 3 is 2.86 bits per heavy atom. The molecule has 1 amide bonds. The highest BCUT2D eigenvalue weighted by molar-refractivity contribution is 7.19. The Balaban J connectivity index is 1.80. The van der Waals surface area contributed by atoms with E-state index in [0.717, 1.165) is 33.9 Å². The van der Waals surface area contributed by atoms with Crippen molar-refractivity contribution >= 4 is 34.0 Å². The van der Waals surface area contributed by atoms with Crippen molar-refractivity contribution in [3.8, 4) is 16.3 Å². The predicted molar refractivity (Wildman–Crippen MR) is 86.8 cm³/mol. The van der Waals surface area contributed by atoms with Crippen LogP contribution < -0.4 is 5.32 Å². The third kappa shape index (κ3) is 2.12. The van der Waals surface area contributed by atoms with Crippen LogP contribution >= 0.6 is 22.9 Å². The van der Waals surface area contributed by atoms with Gasteiger partial charge in [-0.1, -0.05) is 22.9 Å². The van der Waals surface area contributed by atoms with Gasteiger partial charge in [-0.2, -0.15) is 5.10 Å². The van der Waals surface area contributed by atoms with Crippen LogP contribution in [-0.4, -0.2) is 20.7 Å². The molecular weight excluding hydrogens is 320 g/mol. The summed E-state index contributed by atoms with van der Waals surface area (Å²) in [4.78, 5) is 16.7. The zero-order valence-electron chi connectivity index (χ0n) is 11.6. The van der Waals surface area contributed by atoms with Crippen molar-refractivity contribution in [3.63, 3.8) is 0 Å². The number of anilines is 1. The van der Waals surface area contributed by atoms with E-state index < -0.39 is 0 Å². The van der Waals surface area contributed by atoms with Crippen LogP contribution in [0.25, 0.3) is 16.3 Å². The summed E-state index contributed by atoms with van der Waals surface area (Å²) in [5, 5.41) is 8.54. The van der Waals surface area contributed by atoms with Crippen LogP contribution in [-0.2, 0) is 11.2 Å². The summed E-state index contributed by atoms with van der Waals surface area (Å²) in [6.07, 6.45) is 2.62. The maximum Gasteiger partial charge on any atom is 0.223 e. The van der Waals surface area contributed by atoms with Crippen molar-refractivity contribution in [2.75, 3.05) is 5.32 Å². The minimum atomic E-state index is -0.112. The van der Waals surface area contributed by atoms with Crippen LogP contribution in [0.1, 0.15) is 18.2 Å². The maximum atomic E-state index is 11.2. The number of nitrogens with one attached hydrogen (secondary N) is 1. The van der Waals surface area contributed by atoms with Gasteiger partial charge in [0.05, 0.1) is 28.1 Å². The number of rotatable bonds is 2. The third-order valence-corrected chi connectivity index (χ3v) is 4.74. The molecule has 0 saturated carbocycles. The first kappa shape index (κ1) is 13.5. The summed E-state index contributed by atoms with van der Waals surface area (Å²) in [6, 6.07) is 7.55. The lowest BCUT2D eigenvalue weighted by Crippen LogP contribution is -2.05. The van der Waals surface area contributed by atoms with Gasteiger partial charge in [-0.3, -0.25) is 4.79 Å². The van der Waals surface area contributed by atoms with Crippen LogP contribution in [0.15, 0.2) is 30.5 Å². The average molecular weight is 331 g/mol. The quantitative estimate of drug-likeness (QED) is 0.612. The molecule has 3 aromatic rings. The van der Waals surface area contributed by atoms with E-state index in [1.807, 2.05) is 35.1 Å². The monoisotopic (exact) mass is 330 g/mol. The van der Waals surface area contributed by atoms with Crippen LogP contribution in [0.5, 0.6) is 0 Å². The molecule has 110 valence electrons. The molecule has 1 N–H and O–H groups in total. The first-order valence-corrected chi connectivity index (χ1v) is 7.92. The van der Waals surface area contributed by atoms with Crippen molar-refractivity contribution < 1.29 is 4.79 Å². The largest absolute Gasteiger partial charge is 0.302 e. The van der Waals surface area contributed by atoms with Gasteiger partial charge in [-0.15, -0.1) is 0 Å². The van der Waals surface area contributed by atoms with Gasteiger partial charge < -0.3 is 5.32 Å². The van der Waals surface area contributed by atoms with Crippen molar-refractivity contribution in [1.82, 2.24) is 14.8 Å². The van der Waals surface area contributed by atoms with Gasteiger partial charge in [-0.05, 0) is 24.3 Å². The summed E-state index contributed by atoms with van der Waals surface area (Å²) in [5.41, 5.74) is 4.14. The minimum Gasteiger partial charge on any atom is -0.302 e. The van der Waals surface area contributed by atoms with E-state index >= 15 is 0 Å². The Bertz CT molecular complexity index is 882. The molecule has 4 rings (SSSR count). The molecule has 1 aliphatic carbocycles. The number of nitrogens with zero attached hydrogens (tertiary/aromatic N) is 3. The number of hydrogen-bond donors (Lipinski definition) is 1. The highest BCUT2D eigenvalue weighted by Gasteiger charge is 2.28. The minimum absolute atomic E-state index is 0.112. The fraction of sp³-hybridized carbons (Fsp3) is 0.133. The number of amides is 1. The van der Waals surface area contributed by atoms with Crippen molar-refractivity contribution in [2.45, 2.75) is 13.3 Å². The number of fused-ring (bicyclic) bond motifs is 3. The molecular formula is C15H11ClN4OS. The van der Waals surface area contributed by atoms with Gasteiger partial charge in [0, 0.05) is 23.9 Å². The van der Waals surface area contributed by atoms with Crippen LogP contribution in [0.3, 0.4) is 0 Å². The highest BCUT2D eigenvalue weighted by Crippen LogP contribution is 2.43. The SMILES string of the molecule is CC(=O)Nc1nc2c(s1)-c1c(cnn1-c1ccc(Cl)cc1)C2. The molecule has 0 bridgehead atoms. The van der Waals surface area contributed by atoms with Crippen molar-refractivity contribution in [1.29, 1.82) is 0 Å².